The molecule has 0 aromatic heterocycles. The number of hydrogen-bond donors (Lipinski definition) is 0. The normalized spacial score (nSPS) is 16.5. The molecule has 0 saturated carbocycles. The van der Waals surface area contributed by atoms with Crippen LogP contribution in [0.3, 0.4) is 0 Å². The molecule has 0 radical (unpaired) electrons. The molecular weight excluding hydrogens is 340 g/mol. The van der Waals surface area contributed by atoms with E-state index in [0.717, 1.165) is 0 Å². The fourth-order valence-corrected chi connectivity index (χ4v) is 4.49. The number of unbranched alkanes of at least 4 members (excludes halogenated alkanes) is 14. The largest absolute Gasteiger partial charge is 0.356 e. The minimum Gasteiger partial charge on any atom is -0.356 e. The molecule has 1 rings (SSSR count). The third-order valence-corrected chi connectivity index (χ3v) is 6.28. The zero-order chi connectivity index (χ0) is 20.3. The van der Waals surface area contributed by atoms with E-state index < -0.39 is 0 Å². The molecule has 0 saturated heterocycles. The minimum absolute atomic E-state index is 0.643. The van der Waals surface area contributed by atoms with Crippen molar-refractivity contribution in [2.24, 2.45) is 0 Å². The fourth-order valence-electron chi connectivity index (χ4n) is 4.49. The fraction of sp³-hybridized carbons (Fsp3) is 0.923. The summed E-state index contributed by atoms with van der Waals surface area (Å²) >= 11 is 0. The number of nitrogens with zero attached hydrogens (tertiary/aromatic N) is 2. The van der Waals surface area contributed by atoms with Crippen molar-refractivity contribution < 1.29 is 0 Å². The van der Waals surface area contributed by atoms with Crippen LogP contribution in [0.5, 0.6) is 0 Å². The zero-order valence-electron chi connectivity index (χ0n) is 19.8. The molecule has 28 heavy (non-hydrogen) atoms. The van der Waals surface area contributed by atoms with Gasteiger partial charge in [0.25, 0.3) is 0 Å². The van der Waals surface area contributed by atoms with Gasteiger partial charge in [0.05, 0.1) is 0 Å². The van der Waals surface area contributed by atoms with Gasteiger partial charge in [-0.3, -0.25) is 0 Å². The molecule has 1 aliphatic heterocycles. The van der Waals surface area contributed by atoms with Crippen molar-refractivity contribution >= 4 is 0 Å². The van der Waals surface area contributed by atoms with Crippen LogP contribution in [-0.4, -0.2) is 29.1 Å². The van der Waals surface area contributed by atoms with Crippen molar-refractivity contribution in [2.75, 3.05) is 13.1 Å². The smallest absolute Gasteiger partial charge is 0.101 e. The van der Waals surface area contributed by atoms with Crippen LogP contribution in [0.25, 0.3) is 0 Å². The van der Waals surface area contributed by atoms with Crippen molar-refractivity contribution in [3.05, 3.63) is 12.4 Å². The van der Waals surface area contributed by atoms with Gasteiger partial charge in [-0.05, 0) is 25.7 Å². The molecule has 1 atom stereocenters. The second-order valence-corrected chi connectivity index (χ2v) is 8.99. The molecule has 0 bridgehead atoms. The first-order valence-electron chi connectivity index (χ1n) is 13.0. The lowest BCUT2D eigenvalue weighted by atomic mass is 10.1. The van der Waals surface area contributed by atoms with Crippen LogP contribution < -0.4 is 0 Å². The van der Waals surface area contributed by atoms with Gasteiger partial charge < -0.3 is 9.80 Å². The molecular formula is C26H52N2. The van der Waals surface area contributed by atoms with E-state index in [1.807, 2.05) is 0 Å². The Hall–Kier alpha value is -0.660. The molecule has 0 spiro atoms. The van der Waals surface area contributed by atoms with Crippen LogP contribution >= 0.6 is 0 Å². The monoisotopic (exact) mass is 392 g/mol. The van der Waals surface area contributed by atoms with Gasteiger partial charge in [0, 0.05) is 25.5 Å². The maximum atomic E-state index is 2.64. The Bertz CT molecular complexity index is 352. The molecule has 1 unspecified atom stereocenters. The van der Waals surface area contributed by atoms with Gasteiger partial charge in [-0.15, -0.1) is 0 Å². The van der Waals surface area contributed by atoms with Gasteiger partial charge in [-0.1, -0.05) is 111 Å². The summed E-state index contributed by atoms with van der Waals surface area (Å²) in [5.41, 5.74) is 0. The Balaban J connectivity index is 2.09. The summed E-state index contributed by atoms with van der Waals surface area (Å²) < 4.78 is 0. The molecule has 0 fully saturated rings. The Labute approximate surface area is 178 Å². The summed E-state index contributed by atoms with van der Waals surface area (Å²) in [6, 6.07) is 0. The van der Waals surface area contributed by atoms with Gasteiger partial charge >= 0.3 is 0 Å². The standard InChI is InChI=1S/C26H52N2/c1-4-7-9-11-12-13-14-15-16-18-20-23-28-25-24-27(22-6-3)26(28)21-19-17-10-8-5-2/h24-26H,4-23H2,1-3H3. The molecule has 0 aromatic carbocycles. The molecule has 0 amide bonds. The second-order valence-electron chi connectivity index (χ2n) is 8.99. The van der Waals surface area contributed by atoms with Gasteiger partial charge in [0.15, 0.2) is 0 Å². The third-order valence-electron chi connectivity index (χ3n) is 6.28. The highest BCUT2D eigenvalue weighted by Gasteiger charge is 2.24. The number of rotatable bonds is 20. The minimum atomic E-state index is 0.643. The van der Waals surface area contributed by atoms with Gasteiger partial charge in [-0.25, -0.2) is 0 Å². The highest BCUT2D eigenvalue weighted by Crippen LogP contribution is 2.23. The van der Waals surface area contributed by atoms with Crippen LogP contribution in [0, 0.1) is 0 Å². The Morgan fingerprint density at radius 1 is 0.464 bits per heavy atom. The van der Waals surface area contributed by atoms with Crippen molar-refractivity contribution in [1.82, 2.24) is 9.80 Å². The first kappa shape index (κ1) is 25.4. The van der Waals surface area contributed by atoms with E-state index >= 15 is 0 Å². The lowest BCUT2D eigenvalue weighted by Gasteiger charge is -2.33. The zero-order valence-corrected chi connectivity index (χ0v) is 19.8. The molecule has 1 heterocycles. The lowest BCUT2D eigenvalue weighted by Crippen LogP contribution is -2.39. The predicted octanol–water partition coefficient (Wildman–Crippen LogP) is 8.48. The summed E-state index contributed by atoms with van der Waals surface area (Å²) in [6.07, 6.45) is 30.7. The molecule has 1 aliphatic rings. The molecule has 166 valence electrons. The van der Waals surface area contributed by atoms with Crippen molar-refractivity contribution in [1.29, 1.82) is 0 Å². The van der Waals surface area contributed by atoms with Crippen LogP contribution in [0.15, 0.2) is 12.4 Å². The van der Waals surface area contributed by atoms with Crippen LogP contribution in [-0.2, 0) is 0 Å². The van der Waals surface area contributed by atoms with Gasteiger partial charge in [-0.2, -0.15) is 0 Å². The first-order chi connectivity index (χ1) is 13.8. The highest BCUT2D eigenvalue weighted by molar-refractivity contribution is 4.96. The first-order valence-corrected chi connectivity index (χ1v) is 13.0. The summed E-state index contributed by atoms with van der Waals surface area (Å²) in [5.74, 6) is 0. The third kappa shape index (κ3) is 12.0. The topological polar surface area (TPSA) is 6.48 Å². The van der Waals surface area contributed by atoms with E-state index in [1.54, 1.807) is 0 Å². The Morgan fingerprint density at radius 2 is 0.893 bits per heavy atom. The van der Waals surface area contributed by atoms with Crippen molar-refractivity contribution in [3.63, 3.8) is 0 Å². The quantitative estimate of drug-likeness (QED) is 0.192. The van der Waals surface area contributed by atoms with Crippen molar-refractivity contribution in [3.8, 4) is 0 Å². The van der Waals surface area contributed by atoms with Gasteiger partial charge in [0.1, 0.15) is 6.17 Å². The molecule has 0 aromatic rings. The van der Waals surface area contributed by atoms with Crippen molar-refractivity contribution in [2.45, 2.75) is 143 Å². The number of hydrogen-bond acceptors (Lipinski definition) is 2. The average molecular weight is 393 g/mol. The SMILES string of the molecule is CCCCCCCCCCCCCN1C=CN(CCC)C1CCCCCCC. The van der Waals surface area contributed by atoms with E-state index in [2.05, 4.69) is 43.0 Å². The van der Waals surface area contributed by atoms with E-state index in [-0.39, 0.29) is 0 Å². The van der Waals surface area contributed by atoms with E-state index in [0.29, 0.717) is 6.17 Å². The van der Waals surface area contributed by atoms with Gasteiger partial charge in [0.2, 0.25) is 0 Å². The average Bonchev–Trinajstić information content (AvgIpc) is 3.08. The maximum absolute atomic E-state index is 2.64. The summed E-state index contributed by atoms with van der Waals surface area (Å²) in [5, 5.41) is 0. The van der Waals surface area contributed by atoms with E-state index in [9.17, 15) is 0 Å². The molecule has 0 N–H and O–H groups in total. The van der Waals surface area contributed by atoms with Crippen LogP contribution in [0.2, 0.25) is 0 Å². The maximum Gasteiger partial charge on any atom is 0.101 e. The van der Waals surface area contributed by atoms with E-state index in [4.69, 9.17) is 0 Å². The highest BCUT2D eigenvalue weighted by atomic mass is 15.4. The summed E-state index contributed by atoms with van der Waals surface area (Å²) in [7, 11) is 0. The second kappa shape index (κ2) is 18.4. The summed E-state index contributed by atoms with van der Waals surface area (Å²) in [6.45, 7) is 9.38. The van der Waals surface area contributed by atoms with E-state index in [1.165, 1.54) is 129 Å². The Kier molecular flexibility index (Phi) is 16.7. The molecule has 2 nitrogen and oxygen atoms in total. The van der Waals surface area contributed by atoms with Crippen LogP contribution in [0.1, 0.15) is 136 Å². The predicted molar refractivity (Wildman–Crippen MR) is 126 cm³/mol. The molecule has 2 heteroatoms. The van der Waals surface area contributed by atoms with Crippen LogP contribution in [0.4, 0.5) is 0 Å². The molecule has 0 aliphatic carbocycles. The summed E-state index contributed by atoms with van der Waals surface area (Å²) in [4.78, 5) is 5.24. The lowest BCUT2D eigenvalue weighted by molar-refractivity contribution is 0.137. The Morgan fingerprint density at radius 3 is 1.39 bits per heavy atom.